The predicted molar refractivity (Wildman–Crippen MR) is 81.1 cm³/mol. The number of amides is 2. The van der Waals surface area contributed by atoms with Crippen LogP contribution in [0.25, 0.3) is 11.3 Å². The lowest BCUT2D eigenvalue weighted by Gasteiger charge is -2.19. The van der Waals surface area contributed by atoms with Gasteiger partial charge in [-0.2, -0.15) is 22.0 Å². The maximum atomic E-state index is 12.8. The molecule has 0 spiro atoms. The number of hydrogen-bond acceptors (Lipinski definition) is 5. The molecular weight excluding hydrogens is 381 g/mol. The highest BCUT2D eigenvalue weighted by molar-refractivity contribution is 6.39. The van der Waals surface area contributed by atoms with E-state index in [0.717, 1.165) is 0 Å². The van der Waals surface area contributed by atoms with Gasteiger partial charge in [-0.1, -0.05) is 0 Å². The van der Waals surface area contributed by atoms with Gasteiger partial charge in [-0.3, -0.25) is 9.59 Å². The summed E-state index contributed by atoms with van der Waals surface area (Å²) in [5.74, 6) is -7.66. The van der Waals surface area contributed by atoms with Crippen molar-refractivity contribution in [2.75, 3.05) is 19.0 Å². The number of halogens is 5. The van der Waals surface area contributed by atoms with Gasteiger partial charge in [0.25, 0.3) is 0 Å². The molecule has 0 unspecified atom stereocenters. The van der Waals surface area contributed by atoms with Gasteiger partial charge in [-0.05, 0) is 12.1 Å². The van der Waals surface area contributed by atoms with Gasteiger partial charge in [0.05, 0.1) is 25.4 Å². The van der Waals surface area contributed by atoms with Crippen molar-refractivity contribution in [1.82, 2.24) is 10.3 Å². The number of hydrogen-bond donors (Lipinski definition) is 2. The number of carbonyl (C=O) groups excluding carboxylic acids is 2. The first-order valence-electron chi connectivity index (χ1n) is 7.16. The number of anilines is 1. The van der Waals surface area contributed by atoms with Crippen LogP contribution in [0.1, 0.15) is 0 Å². The minimum absolute atomic E-state index is 0.0397. The Balaban J connectivity index is 2.04. The van der Waals surface area contributed by atoms with Crippen molar-refractivity contribution in [2.24, 2.45) is 0 Å². The van der Waals surface area contributed by atoms with E-state index >= 15 is 0 Å². The first-order chi connectivity index (χ1) is 12.5. The van der Waals surface area contributed by atoms with Crippen LogP contribution in [-0.2, 0) is 9.59 Å². The van der Waals surface area contributed by atoms with E-state index in [0.29, 0.717) is 11.3 Å². The summed E-state index contributed by atoms with van der Waals surface area (Å²) in [6.45, 7) is -2.06. The maximum absolute atomic E-state index is 12.8. The fraction of sp³-hybridized carbons (Fsp3) is 0.267. The van der Waals surface area contributed by atoms with Crippen LogP contribution >= 0.6 is 0 Å². The number of nitrogens with zero attached hydrogens (tertiary/aromatic N) is 1. The second-order valence-electron chi connectivity index (χ2n) is 5.12. The van der Waals surface area contributed by atoms with E-state index in [1.54, 1.807) is 0 Å². The van der Waals surface area contributed by atoms with Crippen molar-refractivity contribution in [3.63, 3.8) is 0 Å². The van der Waals surface area contributed by atoms with Crippen LogP contribution in [-0.4, -0.2) is 42.6 Å². The molecule has 1 aromatic carbocycles. The highest BCUT2D eigenvalue weighted by Crippen LogP contribution is 2.34. The Kier molecular flexibility index (Phi) is 5.66. The second-order valence-corrected chi connectivity index (χ2v) is 5.12. The molecule has 0 bridgehead atoms. The molecule has 0 aliphatic heterocycles. The first-order valence-corrected chi connectivity index (χ1v) is 7.16. The molecule has 2 amide bonds. The molecule has 0 atom stereocenters. The SMILES string of the molecule is COc1cc(NC(=O)C(=O)NCC(F)(F)C(F)(F)F)ccc1-c1cnco1. The lowest BCUT2D eigenvalue weighted by molar-refractivity contribution is -0.278. The van der Waals surface area contributed by atoms with E-state index in [-0.39, 0.29) is 11.4 Å². The molecule has 2 rings (SSSR count). The Morgan fingerprint density at radius 3 is 2.44 bits per heavy atom. The summed E-state index contributed by atoms with van der Waals surface area (Å²) in [5.41, 5.74) is 0.514. The van der Waals surface area contributed by atoms with Crippen LogP contribution < -0.4 is 15.4 Å². The van der Waals surface area contributed by atoms with Crippen LogP contribution in [0.4, 0.5) is 27.6 Å². The van der Waals surface area contributed by atoms with Crippen LogP contribution in [0.5, 0.6) is 5.75 Å². The molecule has 0 radical (unpaired) electrons. The molecular formula is C15H12F5N3O4. The molecule has 0 aliphatic rings. The molecule has 27 heavy (non-hydrogen) atoms. The summed E-state index contributed by atoms with van der Waals surface area (Å²) in [7, 11) is 1.33. The first kappa shape index (κ1) is 20.1. The summed E-state index contributed by atoms with van der Waals surface area (Å²) >= 11 is 0. The molecule has 1 heterocycles. The largest absolute Gasteiger partial charge is 0.496 e. The van der Waals surface area contributed by atoms with Gasteiger partial charge in [0, 0.05) is 11.8 Å². The molecule has 2 N–H and O–H groups in total. The van der Waals surface area contributed by atoms with E-state index < -0.39 is 30.5 Å². The van der Waals surface area contributed by atoms with Gasteiger partial charge < -0.3 is 19.8 Å². The number of methoxy groups -OCH3 is 1. The number of carbonyl (C=O) groups is 2. The minimum atomic E-state index is -5.85. The molecule has 0 fully saturated rings. The Morgan fingerprint density at radius 1 is 1.19 bits per heavy atom. The molecule has 2 aromatic rings. The minimum Gasteiger partial charge on any atom is -0.496 e. The van der Waals surface area contributed by atoms with Crippen LogP contribution in [0.15, 0.2) is 35.2 Å². The van der Waals surface area contributed by atoms with E-state index in [1.807, 2.05) is 0 Å². The summed E-state index contributed by atoms with van der Waals surface area (Å²) in [4.78, 5) is 26.9. The van der Waals surface area contributed by atoms with Crippen LogP contribution in [0.2, 0.25) is 0 Å². The van der Waals surface area contributed by atoms with Crippen LogP contribution in [0, 0.1) is 0 Å². The molecule has 0 saturated carbocycles. The van der Waals surface area contributed by atoms with E-state index in [9.17, 15) is 31.5 Å². The molecule has 0 saturated heterocycles. The monoisotopic (exact) mass is 393 g/mol. The van der Waals surface area contributed by atoms with Gasteiger partial charge in [0.15, 0.2) is 12.2 Å². The molecule has 146 valence electrons. The van der Waals surface area contributed by atoms with Crippen molar-refractivity contribution in [2.45, 2.75) is 12.1 Å². The maximum Gasteiger partial charge on any atom is 0.455 e. The van der Waals surface area contributed by atoms with E-state index in [2.05, 4.69) is 10.3 Å². The van der Waals surface area contributed by atoms with E-state index in [4.69, 9.17) is 9.15 Å². The third-order valence-corrected chi connectivity index (χ3v) is 3.25. The van der Waals surface area contributed by atoms with Gasteiger partial charge in [-0.15, -0.1) is 0 Å². The smallest absolute Gasteiger partial charge is 0.455 e. The molecule has 7 nitrogen and oxygen atoms in total. The Hall–Kier alpha value is -3.18. The number of aromatic nitrogens is 1. The molecule has 1 aromatic heterocycles. The third kappa shape index (κ3) is 4.71. The third-order valence-electron chi connectivity index (χ3n) is 3.25. The number of nitrogens with one attached hydrogen (secondary N) is 2. The normalized spacial score (nSPS) is 11.8. The number of alkyl halides is 5. The Labute approximate surface area is 148 Å². The van der Waals surface area contributed by atoms with Crippen LogP contribution in [0.3, 0.4) is 0 Å². The Morgan fingerprint density at radius 2 is 1.89 bits per heavy atom. The average molecular weight is 393 g/mol. The topological polar surface area (TPSA) is 93.5 Å². The van der Waals surface area contributed by atoms with Crippen molar-refractivity contribution in [3.05, 3.63) is 30.8 Å². The zero-order valence-electron chi connectivity index (χ0n) is 13.6. The number of rotatable bonds is 5. The molecule has 12 heteroatoms. The zero-order chi connectivity index (χ0) is 20.2. The Bertz CT molecular complexity index is 821. The van der Waals surface area contributed by atoms with Crippen molar-refractivity contribution >= 4 is 17.5 Å². The quantitative estimate of drug-likeness (QED) is 0.602. The number of ether oxygens (including phenoxy) is 1. The predicted octanol–water partition coefficient (Wildman–Crippen LogP) is 2.60. The molecule has 0 aliphatic carbocycles. The second kappa shape index (κ2) is 7.60. The van der Waals surface area contributed by atoms with Gasteiger partial charge in [0.2, 0.25) is 0 Å². The van der Waals surface area contributed by atoms with Gasteiger partial charge >= 0.3 is 23.9 Å². The highest BCUT2D eigenvalue weighted by atomic mass is 19.4. The standard InChI is InChI=1S/C15H12F5N3O4/c1-26-10-4-8(2-3-9(10)11-5-21-7-27-11)23-13(25)12(24)22-6-14(16,17)15(18,19)20/h2-5,7H,6H2,1H3,(H,22,24)(H,23,25). The fourth-order valence-corrected chi connectivity index (χ4v) is 1.88. The highest BCUT2D eigenvalue weighted by Gasteiger charge is 2.57. The lowest BCUT2D eigenvalue weighted by Crippen LogP contribution is -2.49. The summed E-state index contributed by atoms with van der Waals surface area (Å²) in [6.07, 6.45) is -3.25. The fourth-order valence-electron chi connectivity index (χ4n) is 1.88. The van der Waals surface area contributed by atoms with Crippen molar-refractivity contribution in [1.29, 1.82) is 0 Å². The van der Waals surface area contributed by atoms with Crippen molar-refractivity contribution < 1.29 is 40.7 Å². The summed E-state index contributed by atoms with van der Waals surface area (Å²) < 4.78 is 71.9. The lowest BCUT2D eigenvalue weighted by atomic mass is 10.1. The average Bonchev–Trinajstić information content (AvgIpc) is 3.12. The summed E-state index contributed by atoms with van der Waals surface area (Å²) in [6, 6.07) is 4.11. The van der Waals surface area contributed by atoms with Crippen molar-refractivity contribution in [3.8, 4) is 17.1 Å². The van der Waals surface area contributed by atoms with E-state index in [1.165, 1.54) is 43.2 Å². The van der Waals surface area contributed by atoms with Gasteiger partial charge in [-0.25, -0.2) is 4.98 Å². The number of benzene rings is 1. The number of oxazole rings is 1. The summed E-state index contributed by atoms with van der Waals surface area (Å²) in [5, 5.41) is 3.30. The van der Waals surface area contributed by atoms with Gasteiger partial charge in [0.1, 0.15) is 5.75 Å². The zero-order valence-corrected chi connectivity index (χ0v) is 13.6.